The first-order chi connectivity index (χ1) is 14.4. The third-order valence-electron chi connectivity index (χ3n) is 4.74. The predicted octanol–water partition coefficient (Wildman–Crippen LogP) is -2.19. The zero-order valence-electron chi connectivity index (χ0n) is 17.5. The van der Waals surface area contributed by atoms with Crippen LogP contribution in [0.3, 0.4) is 0 Å². The zero-order chi connectivity index (χ0) is 23.9. The van der Waals surface area contributed by atoms with Crippen molar-refractivity contribution in [1.29, 1.82) is 0 Å². The Bertz CT molecular complexity index is 800. The molecule has 0 radical (unpaired) electrons. The Labute approximate surface area is 178 Å². The van der Waals surface area contributed by atoms with Gasteiger partial charge >= 0.3 is 17.6 Å². The molecule has 176 valence electrons. The second kappa shape index (κ2) is 11.7. The van der Waals surface area contributed by atoms with E-state index < -0.39 is 54.3 Å². The van der Waals surface area contributed by atoms with Gasteiger partial charge in [-0.1, -0.05) is 20.3 Å². The Kier molecular flexibility index (Phi) is 10.00. The Morgan fingerprint density at radius 1 is 1.32 bits per heavy atom. The summed E-state index contributed by atoms with van der Waals surface area (Å²) in [6, 6.07) is 0.579. The number of aromatic nitrogens is 2. The lowest BCUT2D eigenvalue weighted by Crippen LogP contribution is -2.41. The molecule has 0 spiro atoms. The van der Waals surface area contributed by atoms with Gasteiger partial charge in [-0.3, -0.25) is 9.36 Å². The van der Waals surface area contributed by atoms with Crippen LogP contribution in [0.25, 0.3) is 0 Å². The summed E-state index contributed by atoms with van der Waals surface area (Å²) in [5.41, 5.74) is 10.5. The Morgan fingerprint density at radius 2 is 1.90 bits per heavy atom. The fraction of sp³-hybridized carbons (Fsp3) is 0.667. The highest BCUT2D eigenvalue weighted by Crippen LogP contribution is 2.28. The molecular weight excluding hydrogens is 416 g/mol. The van der Waals surface area contributed by atoms with Crippen molar-refractivity contribution in [2.45, 2.75) is 63.9 Å². The third-order valence-corrected chi connectivity index (χ3v) is 4.74. The van der Waals surface area contributed by atoms with E-state index in [0.717, 1.165) is 4.57 Å². The molecule has 1 aromatic heterocycles. The van der Waals surface area contributed by atoms with Gasteiger partial charge in [-0.05, 0) is 18.9 Å². The van der Waals surface area contributed by atoms with Crippen molar-refractivity contribution in [3.8, 4) is 0 Å². The van der Waals surface area contributed by atoms with Gasteiger partial charge in [0, 0.05) is 6.20 Å². The number of nitrogens with zero attached hydrogens (tertiary/aromatic N) is 2. The minimum atomic E-state index is -1.39. The second-order valence-corrected chi connectivity index (χ2v) is 7.14. The summed E-state index contributed by atoms with van der Waals surface area (Å²) in [6.45, 7) is 4.63. The summed E-state index contributed by atoms with van der Waals surface area (Å²) in [7, 11) is 0. The van der Waals surface area contributed by atoms with Gasteiger partial charge in [-0.2, -0.15) is 4.98 Å². The molecule has 0 amide bonds. The van der Waals surface area contributed by atoms with Gasteiger partial charge in [-0.15, -0.1) is 0 Å². The monoisotopic (exact) mass is 446 g/mol. The lowest BCUT2D eigenvalue weighted by atomic mass is 10.0. The fourth-order valence-corrected chi connectivity index (χ4v) is 2.46. The molecule has 13 nitrogen and oxygen atoms in total. The molecule has 1 aliphatic heterocycles. The number of esters is 1. The van der Waals surface area contributed by atoms with E-state index in [0.29, 0.717) is 6.42 Å². The van der Waals surface area contributed by atoms with Gasteiger partial charge in [0.15, 0.2) is 6.23 Å². The van der Waals surface area contributed by atoms with Crippen LogP contribution < -0.4 is 17.2 Å². The number of ether oxygens (including phenoxy) is 2. The number of aliphatic hydroxyl groups excluding tert-OH is 3. The van der Waals surface area contributed by atoms with E-state index in [1.807, 2.05) is 13.8 Å². The van der Waals surface area contributed by atoms with E-state index in [-0.39, 0.29) is 18.3 Å². The number of carboxylic acid groups (broad SMARTS) is 1. The number of carboxylic acids is 1. The molecule has 8 N–H and O–H groups in total. The van der Waals surface area contributed by atoms with Crippen molar-refractivity contribution >= 4 is 17.8 Å². The zero-order valence-corrected chi connectivity index (χ0v) is 17.5. The fourth-order valence-electron chi connectivity index (χ4n) is 2.46. The molecule has 1 fully saturated rings. The van der Waals surface area contributed by atoms with Crippen LogP contribution in [0, 0.1) is 5.92 Å². The molecular formula is C18H30N4O9. The highest BCUT2D eigenvalue weighted by atomic mass is 16.6. The van der Waals surface area contributed by atoms with Crippen LogP contribution in [0.2, 0.25) is 0 Å². The molecule has 31 heavy (non-hydrogen) atoms. The molecule has 1 saturated heterocycles. The summed E-state index contributed by atoms with van der Waals surface area (Å²) in [6.07, 6.45) is -4.12. The van der Waals surface area contributed by atoms with Crippen LogP contribution in [0.15, 0.2) is 17.1 Å². The second-order valence-electron chi connectivity index (χ2n) is 7.14. The maximum absolute atomic E-state index is 11.9. The van der Waals surface area contributed by atoms with Crippen molar-refractivity contribution in [2.75, 3.05) is 12.3 Å². The third kappa shape index (κ3) is 7.25. The number of nitrogens with two attached hydrogens (primary N) is 2. The smallest absolute Gasteiger partial charge is 0.351 e. The van der Waals surface area contributed by atoms with E-state index in [4.69, 9.17) is 31.2 Å². The van der Waals surface area contributed by atoms with Gasteiger partial charge < -0.3 is 41.4 Å². The number of carbonyl (C=O) groups is 2. The number of carbonyl (C=O) groups excluding carboxylic acids is 1. The molecule has 0 saturated carbocycles. The highest BCUT2D eigenvalue weighted by Gasteiger charge is 2.44. The van der Waals surface area contributed by atoms with Crippen LogP contribution in [-0.2, 0) is 19.1 Å². The lowest BCUT2D eigenvalue weighted by molar-refractivity contribution is -0.153. The molecule has 7 atom stereocenters. The first kappa shape index (κ1) is 26.5. The van der Waals surface area contributed by atoms with Gasteiger partial charge in [0.25, 0.3) is 0 Å². The van der Waals surface area contributed by atoms with Crippen molar-refractivity contribution < 1.29 is 39.5 Å². The minimum Gasteiger partial charge on any atom is -0.479 e. The minimum absolute atomic E-state index is 0.0267. The quantitative estimate of drug-likeness (QED) is 0.246. The Morgan fingerprint density at radius 3 is 2.39 bits per heavy atom. The first-order valence-corrected chi connectivity index (χ1v) is 9.60. The van der Waals surface area contributed by atoms with E-state index in [2.05, 4.69) is 4.98 Å². The summed E-state index contributed by atoms with van der Waals surface area (Å²) < 4.78 is 11.6. The van der Waals surface area contributed by atoms with Gasteiger partial charge in [0.2, 0.25) is 0 Å². The van der Waals surface area contributed by atoms with E-state index in [1.54, 1.807) is 0 Å². The Balaban J connectivity index is 0.000000703. The number of aliphatic carboxylic acids is 1. The summed E-state index contributed by atoms with van der Waals surface area (Å²) in [5.74, 6) is -1.83. The molecule has 2 heterocycles. The number of nitrogen functional groups attached to an aromatic ring is 1. The number of aliphatic hydroxyl groups is 3. The average Bonchev–Trinajstić information content (AvgIpc) is 2.99. The van der Waals surface area contributed by atoms with E-state index in [9.17, 15) is 24.6 Å². The maximum atomic E-state index is 11.9. The summed E-state index contributed by atoms with van der Waals surface area (Å²) in [4.78, 5) is 36.7. The van der Waals surface area contributed by atoms with Gasteiger partial charge in [0.1, 0.15) is 42.9 Å². The Hall–Kier alpha value is -2.58. The van der Waals surface area contributed by atoms with Crippen molar-refractivity contribution in [1.82, 2.24) is 9.55 Å². The van der Waals surface area contributed by atoms with E-state index in [1.165, 1.54) is 19.2 Å². The van der Waals surface area contributed by atoms with Crippen molar-refractivity contribution in [3.63, 3.8) is 0 Å². The van der Waals surface area contributed by atoms with E-state index >= 15 is 0 Å². The van der Waals surface area contributed by atoms with Gasteiger partial charge in [0.05, 0.1) is 0 Å². The largest absolute Gasteiger partial charge is 0.479 e. The standard InChI is InChI=1S/C15H24N4O6.C3H6O3/c1-3-7(2)10(17)14(22)24-6-8-11(20)12(21)13(25-8)19-5-4-9(16)18-15(19)23;1-2(4)3(5)6/h4-5,7-8,10-13,20-21H,3,6,17H2,1-2H3,(H2,16,18,23);2,4H,1H3,(H,5,6)/t7-,8-,10-,11-,12+,13-;/m1./s1. The summed E-state index contributed by atoms with van der Waals surface area (Å²) in [5, 5.41) is 36.0. The molecule has 1 unspecified atom stereocenters. The number of hydrogen-bond acceptors (Lipinski definition) is 11. The first-order valence-electron chi connectivity index (χ1n) is 9.60. The molecule has 1 aromatic rings. The predicted molar refractivity (Wildman–Crippen MR) is 107 cm³/mol. The SMILES string of the molecule is CC(O)C(=O)O.CC[C@@H](C)[C@@H](N)C(=O)OC[C@H]1O[C@@H](n2ccc(N)nc2=O)[C@@H](O)[C@@H]1O. The van der Waals surface area contributed by atoms with Crippen molar-refractivity contribution in [3.05, 3.63) is 22.7 Å². The van der Waals surface area contributed by atoms with Crippen molar-refractivity contribution in [2.24, 2.45) is 11.7 Å². The number of hydrogen-bond donors (Lipinski definition) is 6. The van der Waals surface area contributed by atoms with Crippen LogP contribution in [0.4, 0.5) is 5.82 Å². The molecule has 0 bridgehead atoms. The molecule has 0 aliphatic carbocycles. The van der Waals surface area contributed by atoms with Crippen LogP contribution in [-0.4, -0.2) is 79.0 Å². The maximum Gasteiger partial charge on any atom is 0.351 e. The topological polar surface area (TPSA) is 220 Å². The van der Waals surface area contributed by atoms with Crippen LogP contribution in [0.1, 0.15) is 33.4 Å². The highest BCUT2D eigenvalue weighted by molar-refractivity contribution is 5.75. The number of rotatable bonds is 7. The lowest BCUT2D eigenvalue weighted by Gasteiger charge is -2.19. The van der Waals surface area contributed by atoms with Gasteiger partial charge in [-0.25, -0.2) is 9.59 Å². The molecule has 0 aromatic carbocycles. The average molecular weight is 446 g/mol. The normalized spacial score (nSPS) is 25.6. The van der Waals surface area contributed by atoms with Crippen LogP contribution >= 0.6 is 0 Å². The summed E-state index contributed by atoms with van der Waals surface area (Å²) >= 11 is 0. The molecule has 13 heteroatoms. The molecule has 2 rings (SSSR count). The number of anilines is 1. The van der Waals surface area contributed by atoms with Crippen LogP contribution in [0.5, 0.6) is 0 Å². The molecule has 1 aliphatic rings.